The van der Waals surface area contributed by atoms with Crippen molar-refractivity contribution in [3.63, 3.8) is 0 Å². The van der Waals surface area contributed by atoms with Gasteiger partial charge in [0, 0.05) is 29.4 Å². The lowest BCUT2D eigenvalue weighted by Gasteiger charge is -2.19. The molecule has 41 heavy (non-hydrogen) atoms. The topological polar surface area (TPSA) is 89.7 Å². The van der Waals surface area contributed by atoms with Crippen molar-refractivity contribution in [3.05, 3.63) is 126 Å². The zero-order chi connectivity index (χ0) is 28.2. The van der Waals surface area contributed by atoms with Gasteiger partial charge in [0.15, 0.2) is 0 Å². The quantitative estimate of drug-likeness (QED) is 0.210. The predicted molar refractivity (Wildman–Crippen MR) is 157 cm³/mol. The highest BCUT2D eigenvalue weighted by Gasteiger charge is 2.30. The fourth-order valence-electron chi connectivity index (χ4n) is 5.47. The van der Waals surface area contributed by atoms with E-state index in [-0.39, 0.29) is 25.6 Å². The van der Waals surface area contributed by atoms with Crippen molar-refractivity contribution in [1.82, 2.24) is 10.3 Å². The van der Waals surface area contributed by atoms with E-state index in [1.165, 1.54) is 0 Å². The average molecular weight is 547 g/mol. The van der Waals surface area contributed by atoms with Crippen LogP contribution < -0.4 is 10.1 Å². The number of aromatic nitrogens is 1. The highest BCUT2D eigenvalue weighted by atomic mass is 16.6. The molecule has 1 atom stereocenters. The van der Waals surface area contributed by atoms with E-state index in [2.05, 4.69) is 34.6 Å². The fraction of sp³-hybridized carbons (Fsp3) is 0.176. The summed E-state index contributed by atoms with van der Waals surface area (Å²) in [4.78, 5) is 29.6. The van der Waals surface area contributed by atoms with E-state index in [1.807, 2.05) is 79.0 Å². The molecule has 1 aliphatic rings. The normalized spacial score (nSPS) is 12.8. The molecule has 7 heteroatoms. The number of aromatic amines is 1. The van der Waals surface area contributed by atoms with E-state index in [4.69, 9.17) is 14.2 Å². The Labute approximate surface area is 238 Å². The molecule has 2 N–H and O–H groups in total. The van der Waals surface area contributed by atoms with E-state index < -0.39 is 18.1 Å². The number of hydrogen-bond donors (Lipinski definition) is 2. The number of amides is 1. The van der Waals surface area contributed by atoms with Gasteiger partial charge < -0.3 is 24.5 Å². The van der Waals surface area contributed by atoms with Crippen LogP contribution in [0.4, 0.5) is 4.79 Å². The van der Waals surface area contributed by atoms with Crippen molar-refractivity contribution >= 4 is 23.0 Å². The van der Waals surface area contributed by atoms with Gasteiger partial charge in [0.2, 0.25) is 0 Å². The van der Waals surface area contributed by atoms with Crippen LogP contribution >= 0.6 is 0 Å². The van der Waals surface area contributed by atoms with E-state index >= 15 is 0 Å². The molecule has 6 rings (SSSR count). The van der Waals surface area contributed by atoms with Gasteiger partial charge >= 0.3 is 12.1 Å². The van der Waals surface area contributed by atoms with E-state index in [9.17, 15) is 9.59 Å². The van der Waals surface area contributed by atoms with Crippen molar-refractivity contribution in [2.75, 3.05) is 13.7 Å². The van der Waals surface area contributed by atoms with Gasteiger partial charge in [-0.3, -0.25) is 0 Å². The number of H-pyrrole nitrogens is 1. The second-order valence-corrected chi connectivity index (χ2v) is 10.0. The Morgan fingerprint density at radius 2 is 1.49 bits per heavy atom. The van der Waals surface area contributed by atoms with Crippen molar-refractivity contribution in [2.24, 2.45) is 0 Å². The first-order valence-corrected chi connectivity index (χ1v) is 13.6. The number of carbonyl (C=O) groups excluding carboxylic acids is 2. The van der Waals surface area contributed by atoms with Gasteiger partial charge in [-0.2, -0.15) is 0 Å². The van der Waals surface area contributed by atoms with Gasteiger partial charge in [0.05, 0.1) is 7.11 Å². The van der Waals surface area contributed by atoms with E-state index in [0.29, 0.717) is 5.75 Å². The number of rotatable bonds is 9. The van der Waals surface area contributed by atoms with Crippen LogP contribution in [0.1, 0.15) is 28.2 Å². The van der Waals surface area contributed by atoms with Gasteiger partial charge in [-0.1, -0.05) is 78.9 Å². The summed E-state index contributed by atoms with van der Waals surface area (Å²) in [6, 6.07) is 30.5. The van der Waals surface area contributed by atoms with Crippen LogP contribution in [0, 0.1) is 0 Å². The molecule has 206 valence electrons. The Bertz CT molecular complexity index is 1650. The monoisotopic (exact) mass is 546 g/mol. The molecule has 7 nitrogen and oxygen atoms in total. The summed E-state index contributed by atoms with van der Waals surface area (Å²) in [6.07, 6.45) is 1.43. The van der Waals surface area contributed by atoms with Crippen LogP contribution in [0.2, 0.25) is 0 Å². The minimum Gasteiger partial charge on any atom is -0.497 e. The standard InChI is InChI=1S/C34H30N2O5/c1-39-24-16-14-22(15-17-24)20-40-33(37)32(18-23-19-35-31-13-7-6-8-25(23)31)36-34(38)41-21-30-28-11-4-2-9-26(28)27-10-3-5-12-29(27)30/h2-17,19,30,32,35H,18,20-21H2,1H3,(H,36,38)/t32-/m1/s1. The van der Waals surface area contributed by atoms with Crippen LogP contribution in [0.25, 0.3) is 22.0 Å². The predicted octanol–water partition coefficient (Wildman–Crippen LogP) is 6.37. The molecule has 0 fully saturated rings. The number of methoxy groups -OCH3 is 1. The number of nitrogens with one attached hydrogen (secondary N) is 2. The lowest BCUT2D eigenvalue weighted by molar-refractivity contribution is -0.147. The third kappa shape index (κ3) is 5.52. The minimum absolute atomic E-state index is 0.0690. The summed E-state index contributed by atoms with van der Waals surface area (Å²) in [5.74, 6) is 0.0936. The lowest BCUT2D eigenvalue weighted by Crippen LogP contribution is -2.43. The SMILES string of the molecule is COc1ccc(COC(=O)[C@@H](Cc2c[nH]c3ccccc23)NC(=O)OCC2c3ccccc3-c3ccccc32)cc1. The molecule has 0 saturated heterocycles. The number of benzene rings is 4. The second-order valence-electron chi connectivity index (χ2n) is 10.0. The van der Waals surface area contributed by atoms with Crippen LogP contribution in [0.3, 0.4) is 0 Å². The summed E-state index contributed by atoms with van der Waals surface area (Å²) < 4.78 is 16.6. The molecule has 1 aliphatic carbocycles. The van der Waals surface area contributed by atoms with Crippen LogP contribution in [0.15, 0.2) is 103 Å². The summed E-state index contributed by atoms with van der Waals surface area (Å²) in [7, 11) is 1.60. The number of esters is 1. The highest BCUT2D eigenvalue weighted by molar-refractivity contribution is 5.86. The molecular weight excluding hydrogens is 516 g/mol. The van der Waals surface area contributed by atoms with Gasteiger partial charge in [-0.25, -0.2) is 9.59 Å². The van der Waals surface area contributed by atoms with Crippen molar-refractivity contribution < 1.29 is 23.8 Å². The number of fused-ring (bicyclic) bond motifs is 4. The Kier molecular flexibility index (Phi) is 7.41. The largest absolute Gasteiger partial charge is 0.497 e. The van der Waals surface area contributed by atoms with Crippen molar-refractivity contribution in [1.29, 1.82) is 0 Å². The van der Waals surface area contributed by atoms with Gasteiger partial charge in [0.25, 0.3) is 0 Å². The Morgan fingerprint density at radius 3 is 2.20 bits per heavy atom. The molecule has 0 bridgehead atoms. The lowest BCUT2D eigenvalue weighted by atomic mass is 9.98. The smallest absolute Gasteiger partial charge is 0.407 e. The number of para-hydroxylation sites is 1. The Balaban J connectivity index is 1.16. The highest BCUT2D eigenvalue weighted by Crippen LogP contribution is 2.44. The third-order valence-corrected chi connectivity index (χ3v) is 7.56. The molecule has 0 saturated carbocycles. The first kappa shape index (κ1) is 26.2. The zero-order valence-corrected chi connectivity index (χ0v) is 22.6. The number of hydrogen-bond acceptors (Lipinski definition) is 5. The maximum atomic E-state index is 13.3. The summed E-state index contributed by atoms with van der Waals surface area (Å²) in [5, 5.41) is 3.76. The van der Waals surface area contributed by atoms with E-state index in [0.717, 1.165) is 44.3 Å². The average Bonchev–Trinajstić information content (AvgIpc) is 3.57. The molecule has 5 aromatic rings. The molecular formula is C34H30N2O5. The first-order chi connectivity index (χ1) is 20.1. The number of ether oxygens (including phenoxy) is 3. The molecule has 1 aromatic heterocycles. The molecule has 0 aliphatic heterocycles. The van der Waals surface area contributed by atoms with Gasteiger partial charge in [0.1, 0.15) is 25.0 Å². The maximum Gasteiger partial charge on any atom is 0.407 e. The van der Waals surface area contributed by atoms with Crippen molar-refractivity contribution in [3.8, 4) is 16.9 Å². The van der Waals surface area contributed by atoms with Crippen molar-refractivity contribution in [2.45, 2.75) is 25.0 Å². The first-order valence-electron chi connectivity index (χ1n) is 13.6. The van der Waals surface area contributed by atoms with Gasteiger partial charge in [-0.15, -0.1) is 0 Å². The fourth-order valence-corrected chi connectivity index (χ4v) is 5.47. The molecule has 0 radical (unpaired) electrons. The molecule has 0 spiro atoms. The Hall–Kier alpha value is -5.04. The summed E-state index contributed by atoms with van der Waals surface area (Å²) >= 11 is 0. The number of carbonyl (C=O) groups is 2. The van der Waals surface area contributed by atoms with Crippen LogP contribution in [-0.4, -0.2) is 36.8 Å². The van der Waals surface area contributed by atoms with E-state index in [1.54, 1.807) is 7.11 Å². The third-order valence-electron chi connectivity index (χ3n) is 7.56. The van der Waals surface area contributed by atoms with Gasteiger partial charge in [-0.05, 0) is 51.6 Å². The zero-order valence-electron chi connectivity index (χ0n) is 22.6. The molecule has 4 aromatic carbocycles. The van der Waals surface area contributed by atoms with Crippen LogP contribution in [-0.2, 0) is 27.3 Å². The van der Waals surface area contributed by atoms with Crippen LogP contribution in [0.5, 0.6) is 5.75 Å². The maximum absolute atomic E-state index is 13.3. The molecule has 1 amide bonds. The summed E-state index contributed by atoms with van der Waals surface area (Å²) in [6.45, 7) is 0.222. The minimum atomic E-state index is -0.942. The summed E-state index contributed by atoms with van der Waals surface area (Å²) in [5.41, 5.74) is 7.20. The molecule has 1 heterocycles. The molecule has 0 unspecified atom stereocenters. The number of alkyl carbamates (subject to hydrolysis) is 1. The second kappa shape index (κ2) is 11.6. The Morgan fingerprint density at radius 1 is 0.829 bits per heavy atom.